The number of aromatic hydroxyl groups is 1. The first-order valence-electron chi connectivity index (χ1n) is 7.29. The van der Waals surface area contributed by atoms with E-state index in [0.29, 0.717) is 18.2 Å². The standard InChI is InChI=1S/C17H21NO2/c1-11(18-10-16(19)13-6-7-13)14-9-8-12-4-2-3-5-15(12)17(14)20/h2-5,8-9,11,13,16,18-20H,6-7,10H2,1H3. The third-order valence-electron chi connectivity index (χ3n) is 4.20. The maximum Gasteiger partial charge on any atom is 0.128 e. The molecule has 2 aromatic carbocycles. The van der Waals surface area contributed by atoms with Gasteiger partial charge in [-0.25, -0.2) is 0 Å². The molecule has 106 valence electrons. The number of benzene rings is 2. The first kappa shape index (κ1) is 13.4. The van der Waals surface area contributed by atoms with Crippen LogP contribution in [-0.4, -0.2) is 22.9 Å². The quantitative estimate of drug-likeness (QED) is 0.783. The van der Waals surface area contributed by atoms with Gasteiger partial charge in [0.25, 0.3) is 0 Å². The van der Waals surface area contributed by atoms with E-state index in [9.17, 15) is 10.2 Å². The van der Waals surface area contributed by atoms with E-state index in [2.05, 4.69) is 5.32 Å². The van der Waals surface area contributed by atoms with Crippen LogP contribution in [0.2, 0.25) is 0 Å². The molecule has 0 saturated heterocycles. The van der Waals surface area contributed by atoms with Crippen molar-refractivity contribution in [1.29, 1.82) is 0 Å². The van der Waals surface area contributed by atoms with Crippen LogP contribution in [0.3, 0.4) is 0 Å². The highest BCUT2D eigenvalue weighted by atomic mass is 16.3. The molecule has 1 fully saturated rings. The third kappa shape index (κ3) is 2.65. The Morgan fingerprint density at radius 1 is 1.20 bits per heavy atom. The second-order valence-electron chi connectivity index (χ2n) is 5.76. The van der Waals surface area contributed by atoms with Crippen molar-refractivity contribution in [3.63, 3.8) is 0 Å². The lowest BCUT2D eigenvalue weighted by molar-refractivity contribution is 0.145. The van der Waals surface area contributed by atoms with E-state index in [0.717, 1.165) is 29.2 Å². The van der Waals surface area contributed by atoms with Crippen molar-refractivity contribution in [3.8, 4) is 5.75 Å². The van der Waals surface area contributed by atoms with Crippen molar-refractivity contribution < 1.29 is 10.2 Å². The first-order chi connectivity index (χ1) is 9.66. The van der Waals surface area contributed by atoms with Gasteiger partial charge in [-0.05, 0) is 31.1 Å². The fourth-order valence-corrected chi connectivity index (χ4v) is 2.68. The molecule has 20 heavy (non-hydrogen) atoms. The Labute approximate surface area is 119 Å². The van der Waals surface area contributed by atoms with Gasteiger partial charge in [-0.15, -0.1) is 0 Å². The van der Waals surface area contributed by atoms with E-state index in [1.165, 1.54) is 0 Å². The highest BCUT2D eigenvalue weighted by Crippen LogP contribution is 2.34. The van der Waals surface area contributed by atoms with Crippen molar-refractivity contribution in [2.75, 3.05) is 6.54 Å². The maximum atomic E-state index is 10.4. The normalized spacial score (nSPS) is 18.1. The molecular formula is C17H21NO2. The maximum absolute atomic E-state index is 10.4. The largest absolute Gasteiger partial charge is 0.507 e. The number of nitrogens with one attached hydrogen (secondary N) is 1. The number of aliphatic hydroxyl groups excluding tert-OH is 1. The zero-order valence-electron chi connectivity index (χ0n) is 11.7. The molecule has 0 amide bonds. The molecular weight excluding hydrogens is 250 g/mol. The van der Waals surface area contributed by atoms with Gasteiger partial charge in [-0.2, -0.15) is 0 Å². The van der Waals surface area contributed by atoms with Crippen LogP contribution in [0.5, 0.6) is 5.75 Å². The van der Waals surface area contributed by atoms with Crippen LogP contribution < -0.4 is 5.32 Å². The molecule has 2 unspecified atom stereocenters. The molecule has 0 aliphatic heterocycles. The zero-order chi connectivity index (χ0) is 14.1. The smallest absolute Gasteiger partial charge is 0.128 e. The summed E-state index contributed by atoms with van der Waals surface area (Å²) in [4.78, 5) is 0. The number of hydrogen-bond donors (Lipinski definition) is 3. The molecule has 3 N–H and O–H groups in total. The van der Waals surface area contributed by atoms with Crippen molar-refractivity contribution in [3.05, 3.63) is 42.0 Å². The lowest BCUT2D eigenvalue weighted by Crippen LogP contribution is -2.30. The molecule has 2 atom stereocenters. The average molecular weight is 271 g/mol. The summed E-state index contributed by atoms with van der Waals surface area (Å²) in [7, 11) is 0. The molecule has 1 aliphatic rings. The van der Waals surface area contributed by atoms with E-state index in [1.807, 2.05) is 43.3 Å². The van der Waals surface area contributed by atoms with E-state index >= 15 is 0 Å². The van der Waals surface area contributed by atoms with Gasteiger partial charge in [0.05, 0.1) is 6.10 Å². The number of aliphatic hydroxyl groups is 1. The minimum Gasteiger partial charge on any atom is -0.507 e. The number of hydrogen-bond acceptors (Lipinski definition) is 3. The molecule has 1 saturated carbocycles. The van der Waals surface area contributed by atoms with Crippen LogP contribution in [0.25, 0.3) is 10.8 Å². The Kier molecular flexibility index (Phi) is 3.64. The molecule has 0 heterocycles. The van der Waals surface area contributed by atoms with Crippen LogP contribution in [0, 0.1) is 5.92 Å². The molecule has 1 aliphatic carbocycles. The Hall–Kier alpha value is -1.58. The second-order valence-corrected chi connectivity index (χ2v) is 5.76. The van der Waals surface area contributed by atoms with E-state index in [4.69, 9.17) is 0 Å². The van der Waals surface area contributed by atoms with Gasteiger partial charge < -0.3 is 15.5 Å². The van der Waals surface area contributed by atoms with Crippen LogP contribution in [-0.2, 0) is 0 Å². The predicted octanol–water partition coefficient (Wildman–Crippen LogP) is 2.97. The molecule has 3 nitrogen and oxygen atoms in total. The molecule has 0 spiro atoms. The molecule has 0 radical (unpaired) electrons. The van der Waals surface area contributed by atoms with Crippen LogP contribution in [0.1, 0.15) is 31.4 Å². The molecule has 2 aromatic rings. The molecule has 3 heteroatoms. The van der Waals surface area contributed by atoms with Crippen molar-refractivity contribution in [2.45, 2.75) is 31.9 Å². The monoisotopic (exact) mass is 271 g/mol. The van der Waals surface area contributed by atoms with Gasteiger partial charge in [0.1, 0.15) is 5.75 Å². The van der Waals surface area contributed by atoms with Gasteiger partial charge in [0.15, 0.2) is 0 Å². The minimum atomic E-state index is -0.264. The Morgan fingerprint density at radius 2 is 1.95 bits per heavy atom. The molecule has 3 rings (SSSR count). The van der Waals surface area contributed by atoms with E-state index < -0.39 is 0 Å². The summed E-state index contributed by atoms with van der Waals surface area (Å²) in [5.41, 5.74) is 0.881. The molecule has 0 bridgehead atoms. The minimum absolute atomic E-state index is 0.0213. The number of phenols is 1. The highest BCUT2D eigenvalue weighted by Gasteiger charge is 2.29. The summed E-state index contributed by atoms with van der Waals surface area (Å²) in [5.74, 6) is 0.809. The van der Waals surface area contributed by atoms with Crippen LogP contribution in [0.15, 0.2) is 36.4 Å². The van der Waals surface area contributed by atoms with Crippen LogP contribution in [0.4, 0.5) is 0 Å². The topological polar surface area (TPSA) is 52.5 Å². The van der Waals surface area contributed by atoms with Crippen LogP contribution >= 0.6 is 0 Å². The lowest BCUT2D eigenvalue weighted by Gasteiger charge is -2.19. The Balaban J connectivity index is 1.76. The average Bonchev–Trinajstić information content (AvgIpc) is 3.30. The SMILES string of the molecule is CC(NCC(O)C1CC1)c1ccc2ccccc2c1O. The fourth-order valence-electron chi connectivity index (χ4n) is 2.68. The number of fused-ring (bicyclic) bond motifs is 1. The number of phenolic OH excluding ortho intramolecular Hbond substituents is 1. The van der Waals surface area contributed by atoms with Crippen molar-refractivity contribution in [1.82, 2.24) is 5.32 Å². The van der Waals surface area contributed by atoms with Crippen molar-refractivity contribution in [2.24, 2.45) is 5.92 Å². The van der Waals surface area contributed by atoms with Gasteiger partial charge in [-0.3, -0.25) is 0 Å². The summed E-state index contributed by atoms with van der Waals surface area (Å²) in [5, 5.41) is 25.5. The summed E-state index contributed by atoms with van der Waals surface area (Å²) in [6.45, 7) is 2.60. The Morgan fingerprint density at radius 3 is 2.70 bits per heavy atom. The van der Waals surface area contributed by atoms with E-state index in [-0.39, 0.29) is 12.1 Å². The predicted molar refractivity (Wildman–Crippen MR) is 80.8 cm³/mol. The summed E-state index contributed by atoms with van der Waals surface area (Å²) in [6, 6.07) is 11.8. The Bertz CT molecular complexity index is 607. The second kappa shape index (κ2) is 5.43. The lowest BCUT2D eigenvalue weighted by atomic mass is 10.0. The molecule has 0 aromatic heterocycles. The van der Waals surface area contributed by atoms with E-state index in [1.54, 1.807) is 0 Å². The highest BCUT2D eigenvalue weighted by molar-refractivity contribution is 5.89. The summed E-state index contributed by atoms with van der Waals surface area (Å²) < 4.78 is 0. The fraction of sp³-hybridized carbons (Fsp3) is 0.412. The zero-order valence-corrected chi connectivity index (χ0v) is 11.7. The summed E-state index contributed by atoms with van der Waals surface area (Å²) >= 11 is 0. The first-order valence-corrected chi connectivity index (χ1v) is 7.29. The van der Waals surface area contributed by atoms with Gasteiger partial charge in [0, 0.05) is 23.5 Å². The summed E-state index contributed by atoms with van der Waals surface area (Å²) in [6.07, 6.45) is 2.01. The van der Waals surface area contributed by atoms with Gasteiger partial charge >= 0.3 is 0 Å². The third-order valence-corrected chi connectivity index (χ3v) is 4.20. The number of rotatable bonds is 5. The van der Waals surface area contributed by atoms with Gasteiger partial charge in [0.2, 0.25) is 0 Å². The van der Waals surface area contributed by atoms with Gasteiger partial charge in [-0.1, -0.05) is 36.4 Å². The van der Waals surface area contributed by atoms with Crippen molar-refractivity contribution >= 4 is 10.8 Å².